The highest BCUT2D eigenvalue weighted by Crippen LogP contribution is 2.42. The Morgan fingerprint density at radius 1 is 1.17 bits per heavy atom. The van der Waals surface area contributed by atoms with Crippen LogP contribution in [0.4, 0.5) is 5.69 Å². The smallest absolute Gasteiger partial charge is 0.312 e. The number of allylic oxidation sites excluding steroid dienone is 1. The molecule has 1 atom stereocenters. The standard InChI is InChI=1S/C19H21NO4/c1-11-4-6-12(7-5-11)20-18(23)13-8-16(22)24-15-10-19(2,3)9-14(21)17(13)15/h4-7,13H,8-10H2,1-3H3,(H,20,23). The minimum atomic E-state index is -0.772. The van der Waals surface area contributed by atoms with Crippen LogP contribution in [0, 0.1) is 18.3 Å². The van der Waals surface area contributed by atoms with Crippen LogP contribution in [0.3, 0.4) is 0 Å². The largest absolute Gasteiger partial charge is 0.431 e. The van der Waals surface area contributed by atoms with Crippen molar-refractivity contribution in [1.29, 1.82) is 0 Å². The van der Waals surface area contributed by atoms with E-state index in [1.807, 2.05) is 32.9 Å². The van der Waals surface area contributed by atoms with Crippen molar-refractivity contribution in [3.8, 4) is 0 Å². The molecule has 0 aromatic heterocycles. The van der Waals surface area contributed by atoms with Gasteiger partial charge in [0.2, 0.25) is 5.91 Å². The first kappa shape index (κ1) is 16.4. The van der Waals surface area contributed by atoms with Crippen LogP contribution in [0.15, 0.2) is 35.6 Å². The summed E-state index contributed by atoms with van der Waals surface area (Å²) in [6.07, 6.45) is 0.758. The molecule has 0 fully saturated rings. The number of carbonyl (C=O) groups is 3. The molecule has 3 rings (SSSR count). The minimum Gasteiger partial charge on any atom is -0.431 e. The first-order valence-corrected chi connectivity index (χ1v) is 8.10. The Kier molecular flexibility index (Phi) is 4.03. The van der Waals surface area contributed by atoms with Crippen LogP contribution in [0.2, 0.25) is 0 Å². The number of ketones is 1. The van der Waals surface area contributed by atoms with Crippen molar-refractivity contribution in [2.75, 3.05) is 5.32 Å². The summed E-state index contributed by atoms with van der Waals surface area (Å²) in [5.74, 6) is -1.29. The number of benzene rings is 1. The number of ether oxygens (including phenoxy) is 1. The third-order valence-electron chi connectivity index (χ3n) is 4.47. The van der Waals surface area contributed by atoms with Gasteiger partial charge in [0.15, 0.2) is 5.78 Å². The zero-order chi connectivity index (χ0) is 17.5. The molecule has 1 aliphatic carbocycles. The Morgan fingerprint density at radius 2 is 1.83 bits per heavy atom. The van der Waals surface area contributed by atoms with E-state index in [0.717, 1.165) is 5.56 Å². The zero-order valence-electron chi connectivity index (χ0n) is 14.1. The van der Waals surface area contributed by atoms with E-state index < -0.39 is 11.9 Å². The monoisotopic (exact) mass is 327 g/mol. The fourth-order valence-electron chi connectivity index (χ4n) is 3.30. The number of hydrogen-bond acceptors (Lipinski definition) is 4. The van der Waals surface area contributed by atoms with Crippen LogP contribution in [0.25, 0.3) is 0 Å². The first-order valence-electron chi connectivity index (χ1n) is 8.10. The molecule has 24 heavy (non-hydrogen) atoms. The van der Waals surface area contributed by atoms with Gasteiger partial charge in [-0.1, -0.05) is 31.5 Å². The molecule has 1 unspecified atom stereocenters. The maximum Gasteiger partial charge on any atom is 0.312 e. The van der Waals surface area contributed by atoms with E-state index in [1.165, 1.54) is 0 Å². The highest BCUT2D eigenvalue weighted by atomic mass is 16.5. The van der Waals surface area contributed by atoms with Crippen molar-refractivity contribution in [2.24, 2.45) is 11.3 Å². The third kappa shape index (κ3) is 3.25. The molecular formula is C19H21NO4. The van der Waals surface area contributed by atoms with Gasteiger partial charge in [0.1, 0.15) is 5.76 Å². The molecule has 1 amide bonds. The molecule has 0 saturated heterocycles. The van der Waals surface area contributed by atoms with E-state index in [9.17, 15) is 14.4 Å². The molecule has 0 spiro atoms. The maximum absolute atomic E-state index is 12.7. The second-order valence-electron chi connectivity index (χ2n) is 7.36. The molecular weight excluding hydrogens is 306 g/mol. The van der Waals surface area contributed by atoms with Crippen LogP contribution >= 0.6 is 0 Å². The van der Waals surface area contributed by atoms with Gasteiger partial charge in [-0.15, -0.1) is 0 Å². The number of aryl methyl sites for hydroxylation is 1. The van der Waals surface area contributed by atoms with E-state index >= 15 is 0 Å². The van der Waals surface area contributed by atoms with E-state index in [0.29, 0.717) is 29.9 Å². The Morgan fingerprint density at radius 3 is 2.50 bits per heavy atom. The molecule has 1 aliphatic heterocycles. The molecule has 5 nitrogen and oxygen atoms in total. The topological polar surface area (TPSA) is 72.5 Å². The minimum absolute atomic E-state index is 0.0945. The summed E-state index contributed by atoms with van der Waals surface area (Å²) in [5, 5.41) is 2.80. The maximum atomic E-state index is 12.7. The summed E-state index contributed by atoms with van der Waals surface area (Å²) < 4.78 is 5.28. The van der Waals surface area contributed by atoms with Crippen molar-refractivity contribution in [2.45, 2.75) is 40.0 Å². The number of amides is 1. The lowest BCUT2D eigenvalue weighted by molar-refractivity contribution is -0.146. The second kappa shape index (κ2) is 5.89. The zero-order valence-corrected chi connectivity index (χ0v) is 14.1. The van der Waals surface area contributed by atoms with Crippen LogP contribution < -0.4 is 5.32 Å². The second-order valence-corrected chi connectivity index (χ2v) is 7.36. The molecule has 1 aromatic carbocycles. The average Bonchev–Trinajstić information content (AvgIpc) is 2.46. The molecule has 1 heterocycles. The molecule has 0 bridgehead atoms. The third-order valence-corrected chi connectivity index (χ3v) is 4.47. The number of anilines is 1. The fraction of sp³-hybridized carbons (Fsp3) is 0.421. The lowest BCUT2D eigenvalue weighted by atomic mass is 9.72. The SMILES string of the molecule is Cc1ccc(NC(=O)C2CC(=O)OC3=C2C(=O)CC(C)(C)C3)cc1. The number of carbonyl (C=O) groups excluding carboxylic acids is 3. The highest BCUT2D eigenvalue weighted by molar-refractivity contribution is 6.08. The average molecular weight is 327 g/mol. The summed E-state index contributed by atoms with van der Waals surface area (Å²) in [5.41, 5.74) is 1.85. The predicted molar refractivity (Wildman–Crippen MR) is 89.1 cm³/mol. The van der Waals surface area contributed by atoms with E-state index in [2.05, 4.69) is 5.32 Å². The lowest BCUT2D eigenvalue weighted by Crippen LogP contribution is -2.39. The van der Waals surface area contributed by atoms with Gasteiger partial charge in [0, 0.05) is 24.1 Å². The van der Waals surface area contributed by atoms with Crippen molar-refractivity contribution < 1.29 is 19.1 Å². The Labute approximate surface area is 141 Å². The molecule has 126 valence electrons. The van der Waals surface area contributed by atoms with E-state index in [-0.39, 0.29) is 23.5 Å². The number of Topliss-reactive ketones (excluding diaryl/α,β-unsaturated/α-hetero) is 1. The van der Waals surface area contributed by atoms with Gasteiger partial charge in [0.25, 0.3) is 0 Å². The van der Waals surface area contributed by atoms with Crippen molar-refractivity contribution in [1.82, 2.24) is 0 Å². The highest BCUT2D eigenvalue weighted by Gasteiger charge is 2.44. The summed E-state index contributed by atoms with van der Waals surface area (Å²) in [4.78, 5) is 37.1. The van der Waals surface area contributed by atoms with Crippen molar-refractivity contribution >= 4 is 23.3 Å². The number of rotatable bonds is 2. The van der Waals surface area contributed by atoms with Crippen LogP contribution in [-0.4, -0.2) is 17.7 Å². The molecule has 1 N–H and O–H groups in total. The summed E-state index contributed by atoms with van der Waals surface area (Å²) in [6.45, 7) is 5.87. The summed E-state index contributed by atoms with van der Waals surface area (Å²) in [7, 11) is 0. The summed E-state index contributed by atoms with van der Waals surface area (Å²) in [6, 6.07) is 7.39. The van der Waals surface area contributed by atoms with Gasteiger partial charge in [-0.05, 0) is 24.5 Å². The molecule has 5 heteroatoms. The van der Waals surface area contributed by atoms with Crippen LogP contribution in [0.5, 0.6) is 0 Å². The molecule has 1 aromatic rings. The van der Waals surface area contributed by atoms with Crippen molar-refractivity contribution in [3.63, 3.8) is 0 Å². The number of hydrogen-bond donors (Lipinski definition) is 1. The Hall–Kier alpha value is -2.43. The van der Waals surface area contributed by atoms with Gasteiger partial charge < -0.3 is 10.1 Å². The predicted octanol–water partition coefficient (Wildman–Crippen LogP) is 3.14. The van der Waals surface area contributed by atoms with Crippen molar-refractivity contribution in [3.05, 3.63) is 41.2 Å². The first-order chi connectivity index (χ1) is 11.2. The lowest BCUT2D eigenvalue weighted by Gasteiger charge is -2.36. The van der Waals surface area contributed by atoms with Crippen LogP contribution in [-0.2, 0) is 19.1 Å². The van der Waals surface area contributed by atoms with Gasteiger partial charge in [-0.25, -0.2) is 0 Å². The van der Waals surface area contributed by atoms with Gasteiger partial charge in [0.05, 0.1) is 12.3 Å². The van der Waals surface area contributed by atoms with Gasteiger partial charge in [-0.3, -0.25) is 14.4 Å². The van der Waals surface area contributed by atoms with E-state index in [4.69, 9.17) is 4.74 Å². The molecule has 0 radical (unpaired) electrons. The number of esters is 1. The van der Waals surface area contributed by atoms with E-state index in [1.54, 1.807) is 12.1 Å². The Bertz CT molecular complexity index is 743. The number of nitrogens with one attached hydrogen (secondary N) is 1. The normalized spacial score (nSPS) is 22.7. The van der Waals surface area contributed by atoms with Gasteiger partial charge >= 0.3 is 5.97 Å². The Balaban J connectivity index is 1.88. The summed E-state index contributed by atoms with van der Waals surface area (Å²) >= 11 is 0. The fourth-order valence-corrected chi connectivity index (χ4v) is 3.30. The molecule has 2 aliphatic rings. The van der Waals surface area contributed by atoms with Crippen LogP contribution in [0.1, 0.15) is 38.7 Å². The molecule has 0 saturated carbocycles. The quantitative estimate of drug-likeness (QED) is 0.847. The van der Waals surface area contributed by atoms with Gasteiger partial charge in [-0.2, -0.15) is 0 Å².